The molecule has 2 aromatic heterocycles. The summed E-state index contributed by atoms with van der Waals surface area (Å²) in [6.45, 7) is 9.15. The van der Waals surface area contributed by atoms with Crippen molar-refractivity contribution in [2.45, 2.75) is 71.0 Å². The molecule has 10 heteroatoms. The Kier molecular flexibility index (Phi) is 7.61. The van der Waals surface area contributed by atoms with Gasteiger partial charge in [-0.25, -0.2) is 14.6 Å². The maximum absolute atomic E-state index is 11.1. The second-order valence-corrected chi connectivity index (χ2v) is 11.4. The first-order valence-electron chi connectivity index (χ1n) is 13.1. The van der Waals surface area contributed by atoms with Crippen molar-refractivity contribution in [3.8, 4) is 0 Å². The number of carbonyl (C=O) groups is 1. The average Bonchev–Trinajstić information content (AvgIpc) is 3.46. The molecule has 3 aromatic rings. The topological polar surface area (TPSA) is 87.4 Å². The van der Waals surface area contributed by atoms with Gasteiger partial charge in [0.05, 0.1) is 17.9 Å². The average molecular weight is 546 g/mol. The molecule has 0 spiro atoms. The Balaban J connectivity index is 1.36. The second kappa shape index (κ2) is 10.8. The number of carboxylic acids is 1. The molecule has 2 unspecified atom stereocenters. The molecule has 5 rings (SSSR count). The summed E-state index contributed by atoms with van der Waals surface area (Å²) in [7, 11) is 0. The third kappa shape index (κ3) is 5.29. The molecule has 0 radical (unpaired) electrons. The van der Waals surface area contributed by atoms with Crippen LogP contribution in [-0.2, 0) is 4.79 Å². The van der Waals surface area contributed by atoms with E-state index >= 15 is 0 Å². The van der Waals surface area contributed by atoms with Crippen molar-refractivity contribution in [3.63, 3.8) is 0 Å². The van der Waals surface area contributed by atoms with Crippen molar-refractivity contribution in [1.82, 2.24) is 24.6 Å². The molecule has 4 heterocycles. The summed E-state index contributed by atoms with van der Waals surface area (Å²) in [6, 6.07) is 6.24. The van der Waals surface area contributed by atoms with Gasteiger partial charge in [-0.2, -0.15) is 5.10 Å². The SMILES string of the molecule is Cc1nn(C(C)c2ccc(Cl)cc2Cl)c2nc(N3CC[C@H](N4CCCC4CCC(=O)O)[C@H](C)C3)cnc12. The summed E-state index contributed by atoms with van der Waals surface area (Å²) in [4.78, 5) is 25.8. The van der Waals surface area contributed by atoms with Crippen LogP contribution in [0.2, 0.25) is 10.0 Å². The maximum atomic E-state index is 11.1. The van der Waals surface area contributed by atoms with E-state index in [2.05, 4.69) is 23.6 Å². The van der Waals surface area contributed by atoms with Crippen molar-refractivity contribution < 1.29 is 9.90 Å². The van der Waals surface area contributed by atoms with Crippen molar-refractivity contribution in [1.29, 1.82) is 0 Å². The van der Waals surface area contributed by atoms with E-state index in [4.69, 9.17) is 43.4 Å². The number of carboxylic acid groups (broad SMARTS) is 1. The smallest absolute Gasteiger partial charge is 0.303 e. The first-order valence-corrected chi connectivity index (χ1v) is 13.9. The van der Waals surface area contributed by atoms with Crippen LogP contribution in [0, 0.1) is 12.8 Å². The summed E-state index contributed by atoms with van der Waals surface area (Å²) in [6.07, 6.45) is 6.12. The lowest BCUT2D eigenvalue weighted by Gasteiger charge is -2.43. The fourth-order valence-electron chi connectivity index (χ4n) is 6.16. The molecule has 1 aromatic carbocycles. The van der Waals surface area contributed by atoms with Crippen LogP contribution in [0.25, 0.3) is 11.2 Å². The van der Waals surface area contributed by atoms with E-state index in [-0.39, 0.29) is 12.5 Å². The van der Waals surface area contributed by atoms with Crippen molar-refractivity contribution in [3.05, 3.63) is 45.7 Å². The highest BCUT2D eigenvalue weighted by atomic mass is 35.5. The standard InChI is InChI=1S/C27H34Cl2N6O2/c1-16-15-33(12-10-23(16)34-11-4-5-20(34)7-9-25(36)37)24-14-30-26-17(2)32-35(27(26)31-24)18(3)21-8-6-19(28)13-22(21)29/h6,8,13-14,16,18,20,23H,4-5,7,9-12,15H2,1-3H3,(H,36,37)/t16-,18?,20?,23+/m1/s1. The minimum Gasteiger partial charge on any atom is -0.481 e. The lowest BCUT2D eigenvalue weighted by Crippen LogP contribution is -2.52. The number of nitrogens with zero attached hydrogens (tertiary/aromatic N) is 6. The molecule has 2 fully saturated rings. The number of fused-ring (bicyclic) bond motifs is 1. The molecule has 2 aliphatic heterocycles. The number of anilines is 1. The number of aryl methyl sites for hydroxylation is 1. The molecular formula is C27H34Cl2N6O2. The van der Waals surface area contributed by atoms with Crippen LogP contribution in [0.1, 0.15) is 63.3 Å². The summed E-state index contributed by atoms with van der Waals surface area (Å²) in [5, 5.41) is 15.1. The Morgan fingerprint density at radius 3 is 2.78 bits per heavy atom. The van der Waals surface area contributed by atoms with Gasteiger partial charge >= 0.3 is 5.97 Å². The van der Waals surface area contributed by atoms with Crippen molar-refractivity contribution in [2.75, 3.05) is 24.5 Å². The summed E-state index contributed by atoms with van der Waals surface area (Å²) in [5.41, 5.74) is 3.30. The van der Waals surface area contributed by atoms with Crippen LogP contribution in [0.15, 0.2) is 24.4 Å². The number of rotatable bonds is 7. The zero-order valence-corrected chi connectivity index (χ0v) is 23.1. The fraction of sp³-hybridized carbons (Fsp3) is 0.556. The molecule has 4 atom stereocenters. The zero-order chi connectivity index (χ0) is 26.3. The third-order valence-electron chi connectivity index (χ3n) is 8.06. The lowest BCUT2D eigenvalue weighted by atomic mass is 9.91. The molecule has 0 amide bonds. The fourth-order valence-corrected chi connectivity index (χ4v) is 6.73. The lowest BCUT2D eigenvalue weighted by molar-refractivity contribution is -0.137. The number of benzene rings is 1. The van der Waals surface area contributed by atoms with E-state index in [1.807, 2.05) is 29.9 Å². The second-order valence-electron chi connectivity index (χ2n) is 10.5. The van der Waals surface area contributed by atoms with Crippen molar-refractivity contribution >= 4 is 46.2 Å². The normalized spacial score (nSPS) is 23.6. The first kappa shape index (κ1) is 26.2. The Bertz CT molecular complexity index is 1300. The minimum atomic E-state index is -0.703. The number of aromatic nitrogens is 4. The zero-order valence-electron chi connectivity index (χ0n) is 21.6. The van der Waals surface area contributed by atoms with Gasteiger partial charge in [0.1, 0.15) is 11.3 Å². The van der Waals surface area contributed by atoms with Gasteiger partial charge in [-0.15, -0.1) is 0 Å². The van der Waals surface area contributed by atoms with Gasteiger partial charge in [0, 0.05) is 41.6 Å². The van der Waals surface area contributed by atoms with Crippen LogP contribution in [0.4, 0.5) is 5.82 Å². The molecule has 37 heavy (non-hydrogen) atoms. The molecule has 0 bridgehead atoms. The maximum Gasteiger partial charge on any atom is 0.303 e. The molecular weight excluding hydrogens is 511 g/mol. The number of halogens is 2. The molecule has 8 nitrogen and oxygen atoms in total. The largest absolute Gasteiger partial charge is 0.481 e. The predicted molar refractivity (Wildman–Crippen MR) is 147 cm³/mol. The summed E-state index contributed by atoms with van der Waals surface area (Å²) in [5.74, 6) is 0.595. The molecule has 1 N–H and O–H groups in total. The van der Waals surface area contributed by atoms with Crippen LogP contribution in [0.3, 0.4) is 0 Å². The van der Waals surface area contributed by atoms with Gasteiger partial charge < -0.3 is 10.0 Å². The molecule has 2 saturated heterocycles. The Labute approximate surface area is 227 Å². The number of aliphatic carboxylic acids is 1. The Hall–Kier alpha value is -2.42. The summed E-state index contributed by atoms with van der Waals surface area (Å²) < 4.78 is 1.91. The molecule has 198 valence electrons. The first-order chi connectivity index (χ1) is 17.7. The van der Waals surface area contributed by atoms with Gasteiger partial charge in [0.2, 0.25) is 0 Å². The number of piperidine rings is 1. The quantitative estimate of drug-likeness (QED) is 0.414. The molecule has 0 aliphatic carbocycles. The van der Waals surface area contributed by atoms with E-state index in [1.54, 1.807) is 6.07 Å². The van der Waals surface area contributed by atoms with Gasteiger partial charge in [0.15, 0.2) is 5.65 Å². The molecule has 2 aliphatic rings. The van der Waals surface area contributed by atoms with E-state index in [0.29, 0.717) is 28.0 Å². The van der Waals surface area contributed by atoms with Gasteiger partial charge in [-0.05, 0) is 69.7 Å². The number of likely N-dealkylation sites (tertiary alicyclic amines) is 1. The Morgan fingerprint density at radius 2 is 2.05 bits per heavy atom. The van der Waals surface area contributed by atoms with Gasteiger partial charge in [-0.1, -0.05) is 36.2 Å². The van der Waals surface area contributed by atoms with Crippen LogP contribution in [-0.4, -0.2) is 67.4 Å². The highest BCUT2D eigenvalue weighted by molar-refractivity contribution is 6.35. The predicted octanol–water partition coefficient (Wildman–Crippen LogP) is 5.59. The van der Waals surface area contributed by atoms with Crippen molar-refractivity contribution in [2.24, 2.45) is 5.92 Å². The monoisotopic (exact) mass is 544 g/mol. The Morgan fingerprint density at radius 1 is 1.24 bits per heavy atom. The van der Waals surface area contributed by atoms with E-state index in [0.717, 1.165) is 73.6 Å². The summed E-state index contributed by atoms with van der Waals surface area (Å²) >= 11 is 12.6. The minimum absolute atomic E-state index is 0.131. The van der Waals surface area contributed by atoms with Crippen LogP contribution < -0.4 is 4.90 Å². The third-order valence-corrected chi connectivity index (χ3v) is 8.62. The van der Waals surface area contributed by atoms with E-state index in [1.165, 1.54) is 0 Å². The number of hydrogen-bond donors (Lipinski definition) is 1. The van der Waals surface area contributed by atoms with E-state index < -0.39 is 5.97 Å². The van der Waals surface area contributed by atoms with Crippen LogP contribution >= 0.6 is 23.2 Å². The van der Waals surface area contributed by atoms with Gasteiger partial charge in [-0.3, -0.25) is 9.69 Å². The molecule has 0 saturated carbocycles. The highest BCUT2D eigenvalue weighted by Crippen LogP contribution is 2.34. The van der Waals surface area contributed by atoms with Gasteiger partial charge in [0.25, 0.3) is 0 Å². The number of hydrogen-bond acceptors (Lipinski definition) is 6. The highest BCUT2D eigenvalue weighted by Gasteiger charge is 2.37. The van der Waals surface area contributed by atoms with E-state index in [9.17, 15) is 4.79 Å². The van der Waals surface area contributed by atoms with Crippen LogP contribution in [0.5, 0.6) is 0 Å².